The lowest BCUT2D eigenvalue weighted by Crippen LogP contribution is -2.19. The van der Waals surface area contributed by atoms with Gasteiger partial charge in [0, 0.05) is 12.1 Å². The van der Waals surface area contributed by atoms with Crippen molar-refractivity contribution in [3.8, 4) is 0 Å². The number of hydrogen-bond acceptors (Lipinski definition) is 6. The largest absolute Gasteiger partial charge is 0.469 e. The molecule has 0 saturated carbocycles. The van der Waals surface area contributed by atoms with Crippen LogP contribution in [0, 0.1) is 0 Å². The van der Waals surface area contributed by atoms with Gasteiger partial charge in [0.1, 0.15) is 0 Å². The highest BCUT2D eigenvalue weighted by Crippen LogP contribution is 2.20. The van der Waals surface area contributed by atoms with Gasteiger partial charge in [-0.1, -0.05) is 23.5 Å². The molecule has 6 nitrogen and oxygen atoms in total. The first kappa shape index (κ1) is 17.6. The van der Waals surface area contributed by atoms with E-state index in [2.05, 4.69) is 9.98 Å². The van der Waals surface area contributed by atoms with Gasteiger partial charge in [-0.2, -0.15) is 4.99 Å². The summed E-state index contributed by atoms with van der Waals surface area (Å²) in [6.07, 6.45) is 0.214. The number of benzene rings is 2. The maximum absolute atomic E-state index is 12.7. The van der Waals surface area contributed by atoms with Crippen LogP contribution in [0.25, 0.3) is 20.4 Å². The Labute approximate surface area is 162 Å². The van der Waals surface area contributed by atoms with E-state index in [1.54, 1.807) is 11.6 Å². The van der Waals surface area contributed by atoms with Crippen molar-refractivity contribution in [1.82, 2.24) is 9.55 Å². The van der Waals surface area contributed by atoms with Crippen molar-refractivity contribution in [2.45, 2.75) is 13.0 Å². The number of hydrogen-bond donors (Lipinski definition) is 0. The Hall–Kier alpha value is -2.84. The molecular formula is C19H15N3O3S2. The molecular weight excluding hydrogens is 382 g/mol. The number of thiazole rings is 2. The van der Waals surface area contributed by atoms with Crippen LogP contribution in [0.4, 0.5) is 0 Å². The second-order valence-corrected chi connectivity index (χ2v) is 7.68. The maximum atomic E-state index is 12.7. The summed E-state index contributed by atoms with van der Waals surface area (Å²) in [4.78, 5) is 33.4. The molecule has 2 heterocycles. The Balaban J connectivity index is 1.76. The molecule has 0 saturated heterocycles. The van der Waals surface area contributed by atoms with Crippen molar-refractivity contribution in [2.24, 2.45) is 4.99 Å². The van der Waals surface area contributed by atoms with E-state index in [0.717, 1.165) is 20.4 Å². The molecule has 136 valence electrons. The number of carbonyl (C=O) groups is 2. The molecule has 0 N–H and O–H groups in total. The fourth-order valence-electron chi connectivity index (χ4n) is 2.77. The van der Waals surface area contributed by atoms with Gasteiger partial charge in [-0.05, 0) is 30.3 Å². The summed E-state index contributed by atoms with van der Waals surface area (Å²) in [6, 6.07) is 13.2. The quantitative estimate of drug-likeness (QED) is 0.493. The number of esters is 1. The first-order chi connectivity index (χ1) is 13.2. The van der Waals surface area contributed by atoms with Gasteiger partial charge < -0.3 is 9.30 Å². The van der Waals surface area contributed by atoms with Crippen LogP contribution in [0.1, 0.15) is 16.8 Å². The van der Waals surface area contributed by atoms with Crippen LogP contribution < -0.4 is 4.80 Å². The van der Waals surface area contributed by atoms with E-state index in [1.807, 2.05) is 41.0 Å². The number of amides is 1. The molecule has 4 rings (SSSR count). The number of aromatic nitrogens is 2. The fourth-order valence-corrected chi connectivity index (χ4v) is 4.54. The van der Waals surface area contributed by atoms with E-state index in [0.29, 0.717) is 16.9 Å². The minimum Gasteiger partial charge on any atom is -0.469 e. The molecule has 1 amide bonds. The smallest absolute Gasteiger partial charge is 0.307 e. The molecule has 0 bridgehead atoms. The average Bonchev–Trinajstić information content (AvgIpc) is 3.29. The summed E-state index contributed by atoms with van der Waals surface area (Å²) in [5.41, 5.74) is 4.08. The predicted molar refractivity (Wildman–Crippen MR) is 106 cm³/mol. The van der Waals surface area contributed by atoms with Crippen LogP contribution in [0.15, 0.2) is 53.0 Å². The zero-order valence-electron chi connectivity index (χ0n) is 14.4. The predicted octanol–water partition coefficient (Wildman–Crippen LogP) is 3.62. The van der Waals surface area contributed by atoms with Crippen LogP contribution in [0.5, 0.6) is 0 Å². The van der Waals surface area contributed by atoms with Crippen molar-refractivity contribution in [3.63, 3.8) is 0 Å². The van der Waals surface area contributed by atoms with Crippen molar-refractivity contribution in [3.05, 3.63) is 58.3 Å². The molecule has 4 aromatic rings. The van der Waals surface area contributed by atoms with E-state index in [-0.39, 0.29) is 18.3 Å². The van der Waals surface area contributed by atoms with E-state index < -0.39 is 0 Å². The molecule has 0 fully saturated rings. The van der Waals surface area contributed by atoms with Gasteiger partial charge in [-0.25, -0.2) is 4.98 Å². The van der Waals surface area contributed by atoms with Crippen LogP contribution in [0.3, 0.4) is 0 Å². The lowest BCUT2D eigenvalue weighted by Gasteiger charge is -2.04. The normalized spacial score (nSPS) is 12.0. The number of para-hydroxylation sites is 1. The Bertz CT molecular complexity index is 1220. The number of ether oxygens (including phenoxy) is 1. The van der Waals surface area contributed by atoms with Crippen LogP contribution in [-0.2, 0) is 16.1 Å². The maximum Gasteiger partial charge on any atom is 0.307 e. The minimum absolute atomic E-state index is 0.214. The van der Waals surface area contributed by atoms with Crippen LogP contribution in [0.2, 0.25) is 0 Å². The van der Waals surface area contributed by atoms with Gasteiger partial charge >= 0.3 is 5.97 Å². The van der Waals surface area contributed by atoms with Gasteiger partial charge in [-0.3, -0.25) is 9.59 Å². The van der Waals surface area contributed by atoms with Crippen LogP contribution in [-0.4, -0.2) is 28.5 Å². The van der Waals surface area contributed by atoms with Gasteiger partial charge in [0.2, 0.25) is 0 Å². The zero-order valence-corrected chi connectivity index (χ0v) is 16.0. The lowest BCUT2D eigenvalue weighted by molar-refractivity contribution is -0.140. The van der Waals surface area contributed by atoms with E-state index in [4.69, 9.17) is 4.74 Å². The summed E-state index contributed by atoms with van der Waals surface area (Å²) in [5.74, 6) is -0.616. The van der Waals surface area contributed by atoms with E-state index in [9.17, 15) is 9.59 Å². The Morgan fingerprint density at radius 2 is 2.04 bits per heavy atom. The van der Waals surface area contributed by atoms with Gasteiger partial charge in [0.25, 0.3) is 5.91 Å². The van der Waals surface area contributed by atoms with Crippen molar-refractivity contribution >= 4 is 55.0 Å². The molecule has 2 aromatic carbocycles. The SMILES string of the molecule is COC(=O)CCn1c(=NC(=O)c2ccc3ncsc3c2)sc2ccccc21. The van der Waals surface area contributed by atoms with Gasteiger partial charge in [0.15, 0.2) is 4.80 Å². The molecule has 2 aromatic heterocycles. The molecule has 0 aliphatic rings. The highest BCUT2D eigenvalue weighted by Gasteiger charge is 2.11. The van der Waals surface area contributed by atoms with Crippen LogP contribution >= 0.6 is 22.7 Å². The van der Waals surface area contributed by atoms with Crippen molar-refractivity contribution in [1.29, 1.82) is 0 Å². The molecule has 8 heteroatoms. The molecule has 0 unspecified atom stereocenters. The number of nitrogens with zero attached hydrogens (tertiary/aromatic N) is 3. The second kappa shape index (κ2) is 7.42. The number of fused-ring (bicyclic) bond motifs is 2. The molecule has 0 atom stereocenters. The second-order valence-electron chi connectivity index (χ2n) is 5.78. The summed E-state index contributed by atoms with van der Waals surface area (Å²) in [7, 11) is 1.36. The Morgan fingerprint density at radius 3 is 2.89 bits per heavy atom. The van der Waals surface area contributed by atoms with Crippen molar-refractivity contribution in [2.75, 3.05) is 7.11 Å². The van der Waals surface area contributed by atoms with Gasteiger partial charge in [0.05, 0.1) is 39.5 Å². The van der Waals surface area contributed by atoms with Crippen molar-refractivity contribution < 1.29 is 14.3 Å². The average molecular weight is 397 g/mol. The summed E-state index contributed by atoms with van der Waals surface area (Å²) >= 11 is 2.91. The summed E-state index contributed by atoms with van der Waals surface area (Å²) < 4.78 is 8.58. The molecule has 27 heavy (non-hydrogen) atoms. The number of carbonyl (C=O) groups excluding carboxylic acids is 2. The standard InChI is InChI=1S/C19H15N3O3S2/c1-25-17(23)8-9-22-14-4-2-3-5-15(14)27-19(22)21-18(24)12-6-7-13-16(10-12)26-11-20-13/h2-7,10-11H,8-9H2,1H3. The third kappa shape index (κ3) is 3.54. The number of rotatable bonds is 4. The third-order valence-corrected chi connectivity index (χ3v) is 5.98. The minimum atomic E-state index is -0.316. The number of aryl methyl sites for hydroxylation is 1. The molecule has 0 aliphatic carbocycles. The number of methoxy groups -OCH3 is 1. The molecule has 0 spiro atoms. The fraction of sp³-hybridized carbons (Fsp3) is 0.158. The van der Waals surface area contributed by atoms with E-state index >= 15 is 0 Å². The first-order valence-electron chi connectivity index (χ1n) is 8.23. The third-order valence-electron chi connectivity index (χ3n) is 4.13. The lowest BCUT2D eigenvalue weighted by atomic mass is 10.2. The summed E-state index contributed by atoms with van der Waals surface area (Å²) in [5, 5.41) is 0. The summed E-state index contributed by atoms with van der Waals surface area (Å²) in [6.45, 7) is 0.399. The zero-order chi connectivity index (χ0) is 18.8. The highest BCUT2D eigenvalue weighted by atomic mass is 32.1. The monoisotopic (exact) mass is 397 g/mol. The Kier molecular flexibility index (Phi) is 4.83. The Morgan fingerprint density at radius 1 is 1.19 bits per heavy atom. The molecule has 0 radical (unpaired) electrons. The first-order valence-corrected chi connectivity index (χ1v) is 9.93. The highest BCUT2D eigenvalue weighted by molar-refractivity contribution is 7.17. The topological polar surface area (TPSA) is 73.6 Å². The van der Waals surface area contributed by atoms with E-state index in [1.165, 1.54) is 29.8 Å². The van der Waals surface area contributed by atoms with Gasteiger partial charge in [-0.15, -0.1) is 11.3 Å². The molecule has 0 aliphatic heterocycles.